The van der Waals surface area contributed by atoms with Crippen LogP contribution in [0.4, 0.5) is 0 Å². The molecule has 0 bridgehead atoms. The lowest BCUT2D eigenvalue weighted by molar-refractivity contribution is 0.287. The van der Waals surface area contributed by atoms with Crippen molar-refractivity contribution in [2.75, 3.05) is 41.0 Å². The molecule has 170 valence electrons. The van der Waals surface area contributed by atoms with Crippen LogP contribution in [0.1, 0.15) is 37.9 Å². The largest absolute Gasteiger partial charge is 0.493 e. The number of methoxy groups -OCH3 is 2. The zero-order valence-electron chi connectivity index (χ0n) is 19.5. The second kappa shape index (κ2) is 12.6. The van der Waals surface area contributed by atoms with Gasteiger partial charge in [0.05, 0.1) is 33.5 Å². The zero-order valence-corrected chi connectivity index (χ0v) is 19.5. The molecular weight excluding hydrogens is 394 g/mol. The minimum atomic E-state index is 0.0437. The Kier molecular flexibility index (Phi) is 9.81. The molecule has 1 unspecified atom stereocenters. The molecule has 0 aliphatic rings. The Hall–Kier alpha value is -3.09. The van der Waals surface area contributed by atoms with Crippen molar-refractivity contribution < 1.29 is 18.9 Å². The van der Waals surface area contributed by atoms with Crippen LogP contribution in [0.3, 0.4) is 0 Å². The Balaban J connectivity index is 1.96. The highest BCUT2D eigenvalue weighted by molar-refractivity contribution is 5.80. The molecule has 0 aliphatic heterocycles. The summed E-state index contributed by atoms with van der Waals surface area (Å²) in [5, 5.41) is 6.80. The lowest BCUT2D eigenvalue weighted by atomic mass is 10.1. The molecule has 0 saturated carbocycles. The molecule has 0 amide bonds. The molecule has 0 spiro atoms. The van der Waals surface area contributed by atoms with Crippen LogP contribution in [0.15, 0.2) is 41.4 Å². The Labute approximate surface area is 185 Å². The predicted octanol–water partition coefficient (Wildman–Crippen LogP) is 3.97. The van der Waals surface area contributed by atoms with Gasteiger partial charge in [-0.3, -0.25) is 4.99 Å². The molecule has 31 heavy (non-hydrogen) atoms. The SMILES string of the molecule is CCOc1ccc(C(C)NC(=NC)NCCc2ccc(OC)c(OC)c2)cc1OCC. The van der Waals surface area contributed by atoms with Gasteiger partial charge in [-0.15, -0.1) is 0 Å². The maximum absolute atomic E-state index is 5.74. The first-order valence-corrected chi connectivity index (χ1v) is 10.6. The second-order valence-corrected chi connectivity index (χ2v) is 6.88. The van der Waals surface area contributed by atoms with Crippen LogP contribution in [-0.2, 0) is 6.42 Å². The van der Waals surface area contributed by atoms with Gasteiger partial charge in [-0.25, -0.2) is 0 Å². The summed E-state index contributed by atoms with van der Waals surface area (Å²) >= 11 is 0. The molecule has 1 atom stereocenters. The van der Waals surface area contributed by atoms with E-state index in [1.165, 1.54) is 0 Å². The summed E-state index contributed by atoms with van der Waals surface area (Å²) in [6.07, 6.45) is 0.826. The number of benzene rings is 2. The lowest BCUT2D eigenvalue weighted by Crippen LogP contribution is -2.39. The van der Waals surface area contributed by atoms with E-state index in [0.717, 1.165) is 53.1 Å². The first-order chi connectivity index (χ1) is 15.1. The van der Waals surface area contributed by atoms with Crippen molar-refractivity contribution in [3.8, 4) is 23.0 Å². The maximum Gasteiger partial charge on any atom is 0.191 e. The Morgan fingerprint density at radius 3 is 2.23 bits per heavy atom. The van der Waals surface area contributed by atoms with E-state index in [9.17, 15) is 0 Å². The van der Waals surface area contributed by atoms with E-state index in [2.05, 4.69) is 22.5 Å². The number of guanidine groups is 1. The van der Waals surface area contributed by atoms with Crippen molar-refractivity contribution in [1.82, 2.24) is 10.6 Å². The number of rotatable bonds is 11. The van der Waals surface area contributed by atoms with Gasteiger partial charge in [-0.1, -0.05) is 12.1 Å². The number of ether oxygens (including phenoxy) is 4. The third kappa shape index (κ3) is 6.98. The summed E-state index contributed by atoms with van der Waals surface area (Å²) < 4.78 is 22.1. The first-order valence-electron chi connectivity index (χ1n) is 10.6. The summed E-state index contributed by atoms with van der Waals surface area (Å²) in [6, 6.07) is 12.0. The summed E-state index contributed by atoms with van der Waals surface area (Å²) in [4.78, 5) is 4.35. The van der Waals surface area contributed by atoms with Crippen molar-refractivity contribution in [2.45, 2.75) is 33.2 Å². The van der Waals surface area contributed by atoms with E-state index in [1.54, 1.807) is 21.3 Å². The van der Waals surface area contributed by atoms with Gasteiger partial charge in [0.2, 0.25) is 0 Å². The van der Waals surface area contributed by atoms with Gasteiger partial charge in [0, 0.05) is 13.6 Å². The molecule has 2 aromatic rings. The molecule has 7 heteroatoms. The van der Waals surface area contributed by atoms with E-state index in [4.69, 9.17) is 18.9 Å². The zero-order chi connectivity index (χ0) is 22.6. The minimum Gasteiger partial charge on any atom is -0.493 e. The van der Waals surface area contributed by atoms with Crippen LogP contribution in [0.2, 0.25) is 0 Å². The fourth-order valence-corrected chi connectivity index (χ4v) is 3.18. The molecular formula is C24H35N3O4. The van der Waals surface area contributed by atoms with Crippen LogP contribution in [0, 0.1) is 0 Å². The standard InChI is InChI=1S/C24H35N3O4/c1-7-30-21-12-10-19(16-23(21)31-8-2)17(3)27-24(25-4)26-14-13-18-9-11-20(28-5)22(15-18)29-6/h9-12,15-17H,7-8,13-14H2,1-6H3,(H2,25,26,27). The molecule has 0 saturated heterocycles. The second-order valence-electron chi connectivity index (χ2n) is 6.88. The van der Waals surface area contributed by atoms with Crippen LogP contribution in [-0.4, -0.2) is 47.0 Å². The van der Waals surface area contributed by atoms with E-state index in [0.29, 0.717) is 13.2 Å². The molecule has 0 fully saturated rings. The third-order valence-corrected chi connectivity index (χ3v) is 4.80. The van der Waals surface area contributed by atoms with Crippen LogP contribution >= 0.6 is 0 Å². The molecule has 2 aromatic carbocycles. The van der Waals surface area contributed by atoms with Crippen LogP contribution in [0.5, 0.6) is 23.0 Å². The number of aliphatic imine (C=N–C) groups is 1. The molecule has 0 radical (unpaired) electrons. The molecule has 2 rings (SSSR count). The van der Waals surface area contributed by atoms with E-state index in [-0.39, 0.29) is 6.04 Å². The number of hydrogen-bond acceptors (Lipinski definition) is 5. The number of nitrogens with zero attached hydrogens (tertiary/aromatic N) is 1. The van der Waals surface area contributed by atoms with E-state index >= 15 is 0 Å². The highest BCUT2D eigenvalue weighted by Crippen LogP contribution is 2.31. The van der Waals surface area contributed by atoms with Gasteiger partial charge >= 0.3 is 0 Å². The lowest BCUT2D eigenvalue weighted by Gasteiger charge is -2.20. The molecule has 7 nitrogen and oxygen atoms in total. The van der Waals surface area contributed by atoms with Crippen LogP contribution < -0.4 is 29.6 Å². The van der Waals surface area contributed by atoms with Gasteiger partial charge in [0.1, 0.15) is 0 Å². The van der Waals surface area contributed by atoms with Gasteiger partial charge in [-0.05, 0) is 62.6 Å². The fourth-order valence-electron chi connectivity index (χ4n) is 3.18. The van der Waals surface area contributed by atoms with Crippen molar-refractivity contribution in [3.05, 3.63) is 47.5 Å². The average Bonchev–Trinajstić information content (AvgIpc) is 2.79. The fraction of sp³-hybridized carbons (Fsp3) is 0.458. The highest BCUT2D eigenvalue weighted by Gasteiger charge is 2.12. The Bertz CT molecular complexity index is 855. The first kappa shape index (κ1) is 24.2. The van der Waals surface area contributed by atoms with E-state index < -0.39 is 0 Å². The predicted molar refractivity (Wildman–Crippen MR) is 125 cm³/mol. The van der Waals surface area contributed by atoms with Crippen molar-refractivity contribution in [2.24, 2.45) is 4.99 Å². The summed E-state index contributed by atoms with van der Waals surface area (Å²) in [7, 11) is 5.05. The monoisotopic (exact) mass is 429 g/mol. The van der Waals surface area contributed by atoms with Crippen molar-refractivity contribution >= 4 is 5.96 Å². The highest BCUT2D eigenvalue weighted by atomic mass is 16.5. The Morgan fingerprint density at radius 2 is 1.58 bits per heavy atom. The summed E-state index contributed by atoms with van der Waals surface area (Å²) in [6.45, 7) is 7.94. The average molecular weight is 430 g/mol. The smallest absolute Gasteiger partial charge is 0.191 e. The normalized spacial score (nSPS) is 12.1. The van der Waals surface area contributed by atoms with Crippen molar-refractivity contribution in [1.29, 1.82) is 0 Å². The number of hydrogen-bond donors (Lipinski definition) is 2. The van der Waals surface area contributed by atoms with Crippen molar-refractivity contribution in [3.63, 3.8) is 0 Å². The maximum atomic E-state index is 5.74. The van der Waals surface area contributed by atoms with Gasteiger partial charge < -0.3 is 29.6 Å². The third-order valence-electron chi connectivity index (χ3n) is 4.80. The molecule has 0 heterocycles. The number of nitrogens with one attached hydrogen (secondary N) is 2. The van der Waals surface area contributed by atoms with Gasteiger partial charge in [0.25, 0.3) is 0 Å². The molecule has 2 N–H and O–H groups in total. The van der Waals surface area contributed by atoms with Crippen LogP contribution in [0.25, 0.3) is 0 Å². The van der Waals surface area contributed by atoms with Gasteiger partial charge in [-0.2, -0.15) is 0 Å². The Morgan fingerprint density at radius 1 is 0.903 bits per heavy atom. The van der Waals surface area contributed by atoms with Gasteiger partial charge in [0.15, 0.2) is 29.0 Å². The topological polar surface area (TPSA) is 73.3 Å². The summed E-state index contributed by atoms with van der Waals surface area (Å²) in [5.74, 6) is 3.72. The van der Waals surface area contributed by atoms with E-state index in [1.807, 2.05) is 50.2 Å². The molecule has 0 aliphatic carbocycles. The summed E-state index contributed by atoms with van der Waals surface area (Å²) in [5.41, 5.74) is 2.25. The minimum absolute atomic E-state index is 0.0437. The quantitative estimate of drug-likeness (QED) is 0.416. The molecule has 0 aromatic heterocycles.